The second-order valence-electron chi connectivity index (χ2n) is 3.83. The Hall–Kier alpha value is -0.370. The molecular formula is C11H12BrF. The van der Waals surface area contributed by atoms with Crippen LogP contribution in [0.1, 0.15) is 25.3 Å². The first-order chi connectivity index (χ1) is 6.12. The van der Waals surface area contributed by atoms with E-state index >= 15 is 0 Å². The summed E-state index contributed by atoms with van der Waals surface area (Å²) in [4.78, 5) is 0. The van der Waals surface area contributed by atoms with E-state index in [1.807, 2.05) is 24.3 Å². The van der Waals surface area contributed by atoms with Gasteiger partial charge in [0.25, 0.3) is 0 Å². The third-order valence-corrected chi connectivity index (χ3v) is 3.44. The molecule has 0 saturated heterocycles. The molecular weight excluding hydrogens is 231 g/mol. The van der Waals surface area contributed by atoms with Gasteiger partial charge >= 0.3 is 0 Å². The molecule has 0 aliphatic heterocycles. The molecule has 0 N–H and O–H groups in total. The van der Waals surface area contributed by atoms with Crippen LogP contribution in [0.2, 0.25) is 0 Å². The average Bonchev–Trinajstić information content (AvgIpc) is 2.86. The molecule has 1 aromatic rings. The Balaban J connectivity index is 2.38. The van der Waals surface area contributed by atoms with E-state index in [9.17, 15) is 4.39 Å². The van der Waals surface area contributed by atoms with Crippen LogP contribution in [0.15, 0.2) is 28.7 Å². The van der Waals surface area contributed by atoms with Gasteiger partial charge in [-0.15, -0.1) is 0 Å². The van der Waals surface area contributed by atoms with Crippen LogP contribution in [0.4, 0.5) is 4.39 Å². The maximum atomic E-state index is 14.2. The van der Waals surface area contributed by atoms with Gasteiger partial charge < -0.3 is 0 Å². The highest BCUT2D eigenvalue weighted by molar-refractivity contribution is 9.10. The SMILES string of the molecule is CC(F)(c1ccccc1Br)C1CC1. The van der Waals surface area contributed by atoms with Crippen molar-refractivity contribution in [1.82, 2.24) is 0 Å². The minimum Gasteiger partial charge on any atom is -0.239 e. The minimum atomic E-state index is -1.15. The molecule has 70 valence electrons. The Kier molecular flexibility index (Phi) is 2.18. The van der Waals surface area contributed by atoms with Crippen LogP contribution in [0.25, 0.3) is 0 Å². The van der Waals surface area contributed by atoms with Gasteiger partial charge in [0.15, 0.2) is 0 Å². The molecule has 0 amide bonds. The van der Waals surface area contributed by atoms with Gasteiger partial charge in [-0.1, -0.05) is 34.1 Å². The monoisotopic (exact) mass is 242 g/mol. The Morgan fingerprint density at radius 3 is 2.54 bits per heavy atom. The number of hydrogen-bond donors (Lipinski definition) is 0. The van der Waals surface area contributed by atoms with Crippen molar-refractivity contribution < 1.29 is 4.39 Å². The Morgan fingerprint density at radius 2 is 2.00 bits per heavy atom. The lowest BCUT2D eigenvalue weighted by atomic mass is 9.93. The lowest BCUT2D eigenvalue weighted by Crippen LogP contribution is -2.18. The molecule has 13 heavy (non-hydrogen) atoms. The Labute approximate surface area is 86.3 Å². The third-order valence-electron chi connectivity index (χ3n) is 2.74. The molecule has 0 aromatic heterocycles. The van der Waals surface area contributed by atoms with Gasteiger partial charge in [-0.3, -0.25) is 0 Å². The second-order valence-corrected chi connectivity index (χ2v) is 4.68. The smallest absolute Gasteiger partial charge is 0.137 e. The van der Waals surface area contributed by atoms with Gasteiger partial charge in [0.2, 0.25) is 0 Å². The largest absolute Gasteiger partial charge is 0.239 e. The van der Waals surface area contributed by atoms with Gasteiger partial charge in [0.1, 0.15) is 5.67 Å². The van der Waals surface area contributed by atoms with Gasteiger partial charge in [-0.05, 0) is 31.7 Å². The molecule has 1 unspecified atom stereocenters. The summed E-state index contributed by atoms with van der Waals surface area (Å²) in [7, 11) is 0. The molecule has 0 spiro atoms. The van der Waals surface area contributed by atoms with Crippen molar-refractivity contribution in [3.8, 4) is 0 Å². The molecule has 1 aliphatic rings. The summed E-state index contributed by atoms with van der Waals surface area (Å²) < 4.78 is 15.1. The van der Waals surface area contributed by atoms with E-state index in [2.05, 4.69) is 15.9 Å². The first-order valence-corrected chi connectivity index (χ1v) is 5.35. The zero-order chi connectivity index (χ0) is 9.47. The summed E-state index contributed by atoms with van der Waals surface area (Å²) in [6, 6.07) is 7.56. The normalized spacial score (nSPS) is 21.2. The molecule has 1 aliphatic carbocycles. The molecule has 0 heterocycles. The van der Waals surface area contributed by atoms with Gasteiger partial charge in [-0.2, -0.15) is 0 Å². The van der Waals surface area contributed by atoms with E-state index in [1.54, 1.807) is 6.92 Å². The van der Waals surface area contributed by atoms with Crippen LogP contribution < -0.4 is 0 Å². The van der Waals surface area contributed by atoms with Gasteiger partial charge in [-0.25, -0.2) is 4.39 Å². The maximum Gasteiger partial charge on any atom is 0.137 e. The topological polar surface area (TPSA) is 0 Å². The summed E-state index contributed by atoms with van der Waals surface area (Å²) >= 11 is 3.39. The summed E-state index contributed by atoms with van der Waals surface area (Å²) in [6.07, 6.45) is 2.04. The van der Waals surface area contributed by atoms with Gasteiger partial charge in [0, 0.05) is 10.0 Å². The minimum absolute atomic E-state index is 0.228. The number of hydrogen-bond acceptors (Lipinski definition) is 0. The summed E-state index contributed by atoms with van der Waals surface area (Å²) in [5, 5.41) is 0. The lowest BCUT2D eigenvalue weighted by Gasteiger charge is -2.21. The van der Waals surface area contributed by atoms with Crippen molar-refractivity contribution in [3.63, 3.8) is 0 Å². The van der Waals surface area contributed by atoms with Crippen molar-refractivity contribution in [2.45, 2.75) is 25.4 Å². The average molecular weight is 243 g/mol. The van der Waals surface area contributed by atoms with Crippen molar-refractivity contribution in [3.05, 3.63) is 34.3 Å². The van der Waals surface area contributed by atoms with E-state index in [0.717, 1.165) is 22.9 Å². The van der Waals surface area contributed by atoms with E-state index in [0.29, 0.717) is 0 Å². The first-order valence-electron chi connectivity index (χ1n) is 4.56. The van der Waals surface area contributed by atoms with E-state index < -0.39 is 5.67 Å². The fourth-order valence-electron chi connectivity index (χ4n) is 1.70. The molecule has 1 saturated carbocycles. The number of halogens is 2. The Morgan fingerprint density at radius 1 is 1.38 bits per heavy atom. The van der Waals surface area contributed by atoms with Crippen LogP contribution in [-0.2, 0) is 5.67 Å². The van der Waals surface area contributed by atoms with Crippen LogP contribution in [0.5, 0.6) is 0 Å². The van der Waals surface area contributed by atoms with Crippen molar-refractivity contribution in [2.75, 3.05) is 0 Å². The first kappa shape index (κ1) is 9.20. The second kappa shape index (κ2) is 3.09. The fraction of sp³-hybridized carbons (Fsp3) is 0.455. The molecule has 1 fully saturated rings. The number of alkyl halides is 1. The molecule has 0 bridgehead atoms. The van der Waals surface area contributed by atoms with E-state index in [4.69, 9.17) is 0 Å². The van der Waals surface area contributed by atoms with Crippen LogP contribution in [0, 0.1) is 5.92 Å². The summed E-state index contributed by atoms with van der Waals surface area (Å²) in [6.45, 7) is 1.69. The molecule has 1 aromatic carbocycles. The maximum absolute atomic E-state index is 14.2. The van der Waals surface area contributed by atoms with E-state index in [-0.39, 0.29) is 5.92 Å². The molecule has 0 nitrogen and oxygen atoms in total. The number of benzene rings is 1. The summed E-state index contributed by atoms with van der Waals surface area (Å²) in [5.74, 6) is 0.228. The van der Waals surface area contributed by atoms with Crippen molar-refractivity contribution >= 4 is 15.9 Å². The van der Waals surface area contributed by atoms with Crippen LogP contribution >= 0.6 is 15.9 Å². The quantitative estimate of drug-likeness (QED) is 0.735. The van der Waals surface area contributed by atoms with Gasteiger partial charge in [0.05, 0.1) is 0 Å². The standard InChI is InChI=1S/C11H12BrF/c1-11(13,8-6-7-8)9-4-2-3-5-10(9)12/h2-5,8H,6-7H2,1H3. The van der Waals surface area contributed by atoms with Crippen LogP contribution in [0.3, 0.4) is 0 Å². The zero-order valence-corrected chi connectivity index (χ0v) is 9.14. The predicted octanol–water partition coefficient (Wildman–Crippen LogP) is 4.04. The third kappa shape index (κ3) is 1.64. The highest BCUT2D eigenvalue weighted by Gasteiger charge is 2.43. The van der Waals surface area contributed by atoms with Crippen molar-refractivity contribution in [1.29, 1.82) is 0 Å². The van der Waals surface area contributed by atoms with Crippen molar-refractivity contribution in [2.24, 2.45) is 5.92 Å². The molecule has 0 radical (unpaired) electrons. The van der Waals surface area contributed by atoms with Crippen LogP contribution in [-0.4, -0.2) is 0 Å². The predicted molar refractivity (Wildman–Crippen MR) is 55.3 cm³/mol. The molecule has 1 atom stereocenters. The Bertz CT molecular complexity index is 316. The highest BCUT2D eigenvalue weighted by Crippen LogP contribution is 2.49. The molecule has 2 heteroatoms. The zero-order valence-electron chi connectivity index (χ0n) is 7.56. The molecule has 2 rings (SSSR count). The highest BCUT2D eigenvalue weighted by atomic mass is 79.9. The number of rotatable bonds is 2. The summed E-state index contributed by atoms with van der Waals surface area (Å²) in [5.41, 5.74) is -0.363. The lowest BCUT2D eigenvalue weighted by molar-refractivity contribution is 0.157. The fourth-order valence-corrected chi connectivity index (χ4v) is 2.38. The van der Waals surface area contributed by atoms with E-state index in [1.165, 1.54) is 0 Å².